The molecule has 0 radical (unpaired) electrons. The van der Waals surface area contributed by atoms with E-state index in [0.717, 1.165) is 0 Å². The molecule has 0 N–H and O–H groups in total. The van der Waals surface area contributed by atoms with Gasteiger partial charge in [-0.25, -0.2) is 4.98 Å². The van der Waals surface area contributed by atoms with Crippen LogP contribution in [0.2, 0.25) is 0 Å². The van der Waals surface area contributed by atoms with E-state index in [-0.39, 0.29) is 0 Å². The van der Waals surface area contributed by atoms with Gasteiger partial charge in [-0.1, -0.05) is 42.1 Å². The predicted octanol–water partition coefficient (Wildman–Crippen LogP) is 1.00. The summed E-state index contributed by atoms with van der Waals surface area (Å²) in [5.74, 6) is -1.11. The number of carboxylic acids is 1. The molecule has 0 bridgehead atoms. The lowest BCUT2D eigenvalue weighted by atomic mass is 10.1. The Bertz CT molecular complexity index is 510. The number of carbonyl (C=O) groups is 1. The van der Waals surface area contributed by atoms with Gasteiger partial charge in [-0.05, 0) is 5.56 Å². The molecule has 0 amide bonds. The van der Waals surface area contributed by atoms with Gasteiger partial charge in [0.15, 0.2) is 5.16 Å². The summed E-state index contributed by atoms with van der Waals surface area (Å²) in [4.78, 5) is 15.3. The second kappa shape index (κ2) is 5.05. The summed E-state index contributed by atoms with van der Waals surface area (Å²) in [6, 6.07) is 9.02. The number of hydrogen-bond acceptors (Lipinski definition) is 4. The van der Waals surface area contributed by atoms with Crippen LogP contribution in [-0.4, -0.2) is 15.5 Å². The topological polar surface area (TPSA) is 58.0 Å². The van der Waals surface area contributed by atoms with Gasteiger partial charge < -0.3 is 14.5 Å². The fraction of sp³-hybridized carbons (Fsp3) is 0.167. The summed E-state index contributed by atoms with van der Waals surface area (Å²) in [7, 11) is 1.83. The van der Waals surface area contributed by atoms with Crippen molar-refractivity contribution in [2.24, 2.45) is 7.05 Å². The minimum atomic E-state index is -1.11. The number of thioether (sulfide) groups is 1. The third-order valence-corrected chi connectivity index (χ3v) is 3.62. The van der Waals surface area contributed by atoms with E-state index in [4.69, 9.17) is 0 Å². The maximum atomic E-state index is 11.2. The van der Waals surface area contributed by atoms with Crippen molar-refractivity contribution in [3.63, 3.8) is 0 Å². The number of nitrogens with zero attached hydrogens (tertiary/aromatic N) is 2. The van der Waals surface area contributed by atoms with Crippen LogP contribution in [0.3, 0.4) is 0 Å². The molecule has 88 valence electrons. The summed E-state index contributed by atoms with van der Waals surface area (Å²) >= 11 is 1.17. The summed E-state index contributed by atoms with van der Waals surface area (Å²) in [6.07, 6.45) is 3.42. The third kappa shape index (κ3) is 2.68. The molecule has 0 fully saturated rings. The lowest BCUT2D eigenvalue weighted by molar-refractivity contribution is -0.305. The molecule has 4 nitrogen and oxygen atoms in total. The van der Waals surface area contributed by atoms with Crippen molar-refractivity contribution < 1.29 is 9.90 Å². The Morgan fingerprint density at radius 3 is 2.65 bits per heavy atom. The largest absolute Gasteiger partial charge is 0.549 e. The highest BCUT2D eigenvalue weighted by Gasteiger charge is 2.16. The standard InChI is InChI=1S/C12H12N2O2S/c1-14-8-7-13-12(14)17-10(11(15)16)9-5-3-2-4-6-9/h2-8,10H,1H3,(H,15,16)/p-1/t10-/m1/s1. The minimum Gasteiger partial charge on any atom is -0.549 e. The van der Waals surface area contributed by atoms with Crippen LogP contribution in [0.1, 0.15) is 10.8 Å². The fourth-order valence-electron chi connectivity index (χ4n) is 1.45. The van der Waals surface area contributed by atoms with Crippen LogP contribution in [0.5, 0.6) is 0 Å². The van der Waals surface area contributed by atoms with Crippen LogP contribution in [0.15, 0.2) is 47.9 Å². The van der Waals surface area contributed by atoms with E-state index < -0.39 is 11.2 Å². The number of aryl methyl sites for hydroxylation is 1. The van der Waals surface area contributed by atoms with Gasteiger partial charge in [0.2, 0.25) is 0 Å². The molecule has 1 heterocycles. The zero-order valence-corrected chi connectivity index (χ0v) is 10.1. The average molecular weight is 247 g/mol. The Labute approximate surface area is 103 Å². The number of imidazole rings is 1. The van der Waals surface area contributed by atoms with Crippen molar-refractivity contribution in [2.75, 3.05) is 0 Å². The van der Waals surface area contributed by atoms with Crippen molar-refractivity contribution in [2.45, 2.75) is 10.4 Å². The second-order valence-corrected chi connectivity index (χ2v) is 4.62. The van der Waals surface area contributed by atoms with E-state index >= 15 is 0 Å². The van der Waals surface area contributed by atoms with Crippen molar-refractivity contribution >= 4 is 17.7 Å². The molecule has 0 aliphatic carbocycles. The first kappa shape index (κ1) is 11.7. The van der Waals surface area contributed by atoms with Crippen molar-refractivity contribution in [1.29, 1.82) is 0 Å². The van der Waals surface area contributed by atoms with Crippen LogP contribution < -0.4 is 5.11 Å². The molecule has 17 heavy (non-hydrogen) atoms. The number of carbonyl (C=O) groups excluding carboxylic acids is 1. The highest BCUT2D eigenvalue weighted by atomic mass is 32.2. The summed E-state index contributed by atoms with van der Waals surface area (Å²) < 4.78 is 1.78. The van der Waals surface area contributed by atoms with Crippen molar-refractivity contribution in [3.8, 4) is 0 Å². The first-order chi connectivity index (χ1) is 8.18. The number of rotatable bonds is 4. The molecule has 0 unspecified atom stereocenters. The highest BCUT2D eigenvalue weighted by Crippen LogP contribution is 2.33. The molecule has 0 aliphatic heterocycles. The number of aliphatic carboxylic acids is 1. The SMILES string of the molecule is Cn1ccnc1S[C@@H](C(=O)[O-])c1ccccc1. The molecule has 5 heteroatoms. The van der Waals surface area contributed by atoms with Crippen LogP contribution in [0.4, 0.5) is 0 Å². The van der Waals surface area contributed by atoms with Gasteiger partial charge in [0.25, 0.3) is 0 Å². The van der Waals surface area contributed by atoms with E-state index in [2.05, 4.69) is 4.98 Å². The minimum absolute atomic E-state index is 0.656. The Morgan fingerprint density at radius 2 is 2.12 bits per heavy atom. The van der Waals surface area contributed by atoms with E-state index in [1.54, 1.807) is 29.1 Å². The molecular weight excluding hydrogens is 236 g/mol. The summed E-state index contributed by atoms with van der Waals surface area (Å²) in [5, 5.41) is 11.1. The van der Waals surface area contributed by atoms with E-state index in [1.165, 1.54) is 11.8 Å². The van der Waals surface area contributed by atoms with Gasteiger partial charge in [0.1, 0.15) is 0 Å². The molecule has 0 saturated carbocycles. The highest BCUT2D eigenvalue weighted by molar-refractivity contribution is 8.00. The van der Waals surface area contributed by atoms with Crippen molar-refractivity contribution in [3.05, 3.63) is 48.3 Å². The molecule has 1 aromatic heterocycles. The van der Waals surface area contributed by atoms with E-state index in [9.17, 15) is 9.90 Å². The van der Waals surface area contributed by atoms with Gasteiger partial charge in [-0.3, -0.25) is 0 Å². The van der Waals surface area contributed by atoms with Crippen LogP contribution >= 0.6 is 11.8 Å². The van der Waals surface area contributed by atoms with Gasteiger partial charge >= 0.3 is 0 Å². The average Bonchev–Trinajstić information content (AvgIpc) is 2.72. The van der Waals surface area contributed by atoms with Gasteiger partial charge in [-0.2, -0.15) is 0 Å². The van der Waals surface area contributed by atoms with E-state index in [1.807, 2.05) is 25.2 Å². The molecule has 1 aromatic carbocycles. The smallest absolute Gasteiger partial charge is 0.168 e. The maximum absolute atomic E-state index is 11.2. The Kier molecular flexibility index (Phi) is 3.49. The maximum Gasteiger partial charge on any atom is 0.168 e. The molecule has 1 atom stereocenters. The van der Waals surface area contributed by atoms with E-state index in [0.29, 0.717) is 10.7 Å². The number of aromatic nitrogens is 2. The number of hydrogen-bond donors (Lipinski definition) is 0. The Hall–Kier alpha value is -1.75. The first-order valence-electron chi connectivity index (χ1n) is 5.08. The predicted molar refractivity (Wildman–Crippen MR) is 63.3 cm³/mol. The monoisotopic (exact) mass is 247 g/mol. The molecule has 2 aromatic rings. The molecule has 0 aliphatic rings. The molecule has 0 spiro atoms. The summed E-state index contributed by atoms with van der Waals surface area (Å²) in [5.41, 5.74) is 0.709. The molecule has 0 saturated heterocycles. The zero-order chi connectivity index (χ0) is 12.3. The number of benzene rings is 1. The molecular formula is C12H11N2O2S-. The number of carboxylic acid groups (broad SMARTS) is 1. The normalized spacial score (nSPS) is 12.3. The van der Waals surface area contributed by atoms with Crippen LogP contribution in [0, 0.1) is 0 Å². The van der Waals surface area contributed by atoms with Crippen LogP contribution in [-0.2, 0) is 11.8 Å². The van der Waals surface area contributed by atoms with Gasteiger partial charge in [0, 0.05) is 19.4 Å². The summed E-state index contributed by atoms with van der Waals surface area (Å²) in [6.45, 7) is 0. The fourth-order valence-corrected chi connectivity index (χ4v) is 2.40. The lowest BCUT2D eigenvalue weighted by Gasteiger charge is -2.17. The second-order valence-electron chi connectivity index (χ2n) is 3.55. The quantitative estimate of drug-likeness (QED) is 0.756. The lowest BCUT2D eigenvalue weighted by Crippen LogP contribution is -2.28. The Morgan fingerprint density at radius 1 is 1.41 bits per heavy atom. The van der Waals surface area contributed by atoms with Crippen LogP contribution in [0.25, 0.3) is 0 Å². The molecule has 2 rings (SSSR count). The Balaban J connectivity index is 2.26. The zero-order valence-electron chi connectivity index (χ0n) is 9.24. The van der Waals surface area contributed by atoms with Gasteiger partial charge in [0.05, 0.1) is 11.2 Å². The van der Waals surface area contributed by atoms with Crippen molar-refractivity contribution in [1.82, 2.24) is 9.55 Å². The van der Waals surface area contributed by atoms with Gasteiger partial charge in [-0.15, -0.1) is 0 Å². The first-order valence-corrected chi connectivity index (χ1v) is 5.96. The third-order valence-electron chi connectivity index (χ3n) is 2.32.